The number of nitrogens with one attached hydrogen (secondary N) is 1. The molecule has 5 aromatic heterocycles. The van der Waals surface area contributed by atoms with E-state index < -0.39 is 0 Å². The highest BCUT2D eigenvalue weighted by molar-refractivity contribution is 7.14. The third kappa shape index (κ3) is 16.4. The Morgan fingerprint density at radius 1 is 0.440 bits per heavy atom. The van der Waals surface area contributed by atoms with Crippen LogP contribution in [-0.2, 0) is 25.7 Å². The lowest BCUT2D eigenvalue weighted by Gasteiger charge is -2.03. The van der Waals surface area contributed by atoms with Gasteiger partial charge in [-0.1, -0.05) is 109 Å². The van der Waals surface area contributed by atoms with Gasteiger partial charge in [0.1, 0.15) is 20.0 Å². The number of hydrogen-bond acceptors (Lipinski definition) is 14. The Labute approximate surface area is 505 Å². The Hall–Kier alpha value is -9.02. The Morgan fingerprint density at radius 2 is 0.762 bits per heavy atom. The topological polar surface area (TPSA) is 275 Å². The summed E-state index contributed by atoms with van der Waals surface area (Å²) in [6.45, 7) is 2.42. The second kappa shape index (κ2) is 29.8. The van der Waals surface area contributed by atoms with Crippen molar-refractivity contribution >= 4 is 63.2 Å². The lowest BCUT2D eigenvalue weighted by molar-refractivity contribution is 0.875. The quantitative estimate of drug-likeness (QED) is 0.0312. The number of guanidine groups is 2. The van der Waals surface area contributed by atoms with E-state index in [4.69, 9.17) is 54.3 Å². The Morgan fingerprint density at radius 3 is 1.05 bits per heavy atom. The van der Waals surface area contributed by atoms with Crippen molar-refractivity contribution in [2.45, 2.75) is 25.7 Å². The molecular weight excluding hydrogens is 1120 g/mol. The van der Waals surface area contributed by atoms with Crippen molar-refractivity contribution in [3.63, 3.8) is 0 Å². The molecule has 0 saturated heterocycles. The van der Waals surface area contributed by atoms with Crippen molar-refractivity contribution in [1.82, 2.24) is 35.0 Å². The summed E-state index contributed by atoms with van der Waals surface area (Å²) in [7, 11) is 3.53. The van der Waals surface area contributed by atoms with Crippen LogP contribution < -0.4 is 39.7 Å². The number of aromatic nitrogens is 6. The third-order valence-corrected chi connectivity index (χ3v) is 16.6. The van der Waals surface area contributed by atoms with Gasteiger partial charge >= 0.3 is 0 Å². The van der Waals surface area contributed by atoms with Crippen molar-refractivity contribution in [3.8, 4) is 87.3 Å². The highest BCUT2D eigenvalue weighted by Crippen LogP contribution is 2.37. The summed E-state index contributed by atoms with van der Waals surface area (Å²) in [4.78, 5) is 31.9. The van der Waals surface area contributed by atoms with Gasteiger partial charge in [0.2, 0.25) is 5.96 Å². The lowest BCUT2D eigenvalue weighted by atomic mass is 10.1. The molecule has 0 fully saturated rings. The van der Waals surface area contributed by atoms with Crippen LogP contribution in [-0.4, -0.2) is 87.9 Å². The largest absolute Gasteiger partial charge is 0.370 e. The highest BCUT2D eigenvalue weighted by Gasteiger charge is 2.14. The zero-order valence-electron chi connectivity index (χ0n) is 46.7. The molecule has 0 aliphatic heterocycles. The molecule has 0 aliphatic rings. The highest BCUT2D eigenvalue weighted by atomic mass is 32.1. The Bertz CT molecular complexity index is 3750. The average Bonchev–Trinajstić information content (AvgIpc) is 4.53. The first-order valence-electron chi connectivity index (χ1n) is 27.1. The van der Waals surface area contributed by atoms with Crippen molar-refractivity contribution in [2.75, 3.05) is 40.3 Å². The summed E-state index contributed by atoms with van der Waals surface area (Å²) >= 11 is 6.60. The molecular formula is C64H66N16S4. The first kappa shape index (κ1) is 59.6. The first-order chi connectivity index (χ1) is 41.1. The molecule has 84 heavy (non-hydrogen) atoms. The molecule has 5 heterocycles. The molecule has 20 heteroatoms. The van der Waals surface area contributed by atoms with Crippen LogP contribution in [0.4, 0.5) is 0 Å². The number of nitrogens with two attached hydrogens (primary N) is 6. The van der Waals surface area contributed by atoms with Gasteiger partial charge in [-0.15, -0.1) is 45.3 Å². The van der Waals surface area contributed by atoms with Gasteiger partial charge in [0.25, 0.3) is 0 Å². The number of nitrogens with zero attached hydrogens (tertiary/aromatic N) is 9. The van der Waals surface area contributed by atoms with E-state index in [1.165, 1.54) is 11.1 Å². The number of aliphatic imine (C=N–C) groups is 3. The van der Waals surface area contributed by atoms with Crippen LogP contribution in [0.15, 0.2) is 201 Å². The summed E-state index contributed by atoms with van der Waals surface area (Å²) in [5, 5.41) is 19.3. The van der Waals surface area contributed by atoms with E-state index in [9.17, 15) is 0 Å². The lowest BCUT2D eigenvalue weighted by Crippen LogP contribution is -2.26. The molecule has 0 unspecified atom stereocenters. The van der Waals surface area contributed by atoms with Crippen LogP contribution in [0.3, 0.4) is 0 Å². The Balaban J connectivity index is 0.000000174. The molecule has 0 saturated carbocycles. The van der Waals surface area contributed by atoms with Crippen LogP contribution in [0.1, 0.15) is 22.3 Å². The van der Waals surface area contributed by atoms with E-state index in [1.54, 1.807) is 63.3 Å². The fourth-order valence-electron chi connectivity index (χ4n) is 8.96. The number of hydrogen-bond donors (Lipinski definition) is 7. The van der Waals surface area contributed by atoms with Gasteiger partial charge in [-0.2, -0.15) is 5.10 Å². The fraction of sp³-hybridized carbons (Fsp3) is 0.156. The summed E-state index contributed by atoms with van der Waals surface area (Å²) < 4.78 is 1.67. The van der Waals surface area contributed by atoms with Gasteiger partial charge in [-0.3, -0.25) is 15.0 Å². The zero-order chi connectivity index (χ0) is 58.6. The van der Waals surface area contributed by atoms with Crippen molar-refractivity contribution in [2.24, 2.45) is 49.4 Å². The molecule has 11 aromatic rings. The minimum atomic E-state index is 0.113. The maximum atomic E-state index is 5.72. The SMILES string of the molecule is CN=C(NC)n1cccn1.NC(N)=NCCc1cccc(-c2csc(-c3cccc(-c4nc(-c5cccc(CCN=C(N)N)c5)cs4)c3)n2)c1.NCCc1cccc(-c2csc(-c3cccc(-c4nc(-c5cccc(CCN)c5)cs4)c3)n2)c1. The van der Waals surface area contributed by atoms with Crippen LogP contribution in [0, 0.1) is 0 Å². The monoisotopic (exact) mass is 1190 g/mol. The van der Waals surface area contributed by atoms with E-state index >= 15 is 0 Å². The molecule has 426 valence electrons. The second-order valence-corrected chi connectivity index (χ2v) is 22.5. The maximum Gasteiger partial charge on any atom is 0.218 e. The molecule has 0 bridgehead atoms. The van der Waals surface area contributed by atoms with E-state index in [0.29, 0.717) is 26.2 Å². The van der Waals surface area contributed by atoms with Crippen LogP contribution >= 0.6 is 45.3 Å². The molecule has 6 aromatic carbocycles. The number of thiazole rings is 4. The molecule has 0 aliphatic carbocycles. The number of benzene rings is 6. The van der Waals surface area contributed by atoms with E-state index in [1.807, 2.05) is 31.4 Å². The van der Waals surface area contributed by atoms with Gasteiger partial charge in [0, 0.05) is 106 Å². The first-order valence-corrected chi connectivity index (χ1v) is 30.6. The van der Waals surface area contributed by atoms with Crippen molar-refractivity contribution in [3.05, 3.63) is 208 Å². The van der Waals surface area contributed by atoms with Gasteiger partial charge in [-0.25, -0.2) is 24.6 Å². The van der Waals surface area contributed by atoms with Crippen molar-refractivity contribution in [1.29, 1.82) is 0 Å². The van der Waals surface area contributed by atoms with Crippen LogP contribution in [0.25, 0.3) is 87.3 Å². The summed E-state index contributed by atoms with van der Waals surface area (Å²) in [6, 6.07) is 52.4. The molecule has 13 N–H and O–H groups in total. The summed E-state index contributed by atoms with van der Waals surface area (Å²) in [5.74, 6) is 0.966. The van der Waals surface area contributed by atoms with Crippen molar-refractivity contribution < 1.29 is 0 Å². The minimum absolute atomic E-state index is 0.113. The molecule has 0 spiro atoms. The second-order valence-electron chi connectivity index (χ2n) is 19.1. The van der Waals surface area contributed by atoms with Gasteiger partial charge in [-0.05, 0) is 103 Å². The van der Waals surface area contributed by atoms with Gasteiger partial charge in [0.15, 0.2) is 11.9 Å². The number of rotatable bonds is 18. The van der Waals surface area contributed by atoms with Crippen LogP contribution in [0.5, 0.6) is 0 Å². The molecule has 0 radical (unpaired) electrons. The van der Waals surface area contributed by atoms with E-state index in [-0.39, 0.29) is 11.9 Å². The smallest absolute Gasteiger partial charge is 0.218 e. The predicted octanol–water partition coefficient (Wildman–Crippen LogP) is 11.1. The van der Waals surface area contributed by atoms with E-state index in [0.717, 1.165) is 130 Å². The molecule has 0 atom stereocenters. The minimum Gasteiger partial charge on any atom is -0.370 e. The van der Waals surface area contributed by atoms with Gasteiger partial charge in [0.05, 0.1) is 22.8 Å². The zero-order valence-corrected chi connectivity index (χ0v) is 49.9. The van der Waals surface area contributed by atoms with E-state index in [2.05, 4.69) is 180 Å². The predicted molar refractivity (Wildman–Crippen MR) is 353 cm³/mol. The van der Waals surface area contributed by atoms with Crippen LogP contribution in [0.2, 0.25) is 0 Å². The standard InChI is InChI=1S/C30H30N8S2.C28H26N4S2.C6H10N4/c31-29(32)35-12-10-19-4-1-6-21(14-19)25-17-39-27(37-25)23-8-3-9-24(16-23)28-38-26(18-40-28)22-7-2-5-20(15-22)11-13-36-30(33)34;29-12-10-19-4-1-6-21(14-19)25-17-33-27(31-25)23-8-3-9-24(16-23)28-32-26(18-34-28)22-7-2-5-20(15-22)11-13-30;1-7-6(8-2)10-5-3-4-9-10/h1-9,14-18H,10-13H2,(H4,31,32,35)(H4,33,34,36);1-9,14-18H,10-13,29-30H2;3-5H,1-2H3,(H,7,8). The molecule has 11 rings (SSSR count). The van der Waals surface area contributed by atoms with Gasteiger partial charge < -0.3 is 39.7 Å². The normalized spacial score (nSPS) is 11.0. The Kier molecular flexibility index (Phi) is 21.1. The summed E-state index contributed by atoms with van der Waals surface area (Å²) in [5.41, 5.74) is 50.7. The third-order valence-electron chi connectivity index (χ3n) is 13.0. The molecule has 0 amide bonds. The maximum absolute atomic E-state index is 5.72. The fourth-order valence-corrected chi connectivity index (χ4v) is 12.3. The molecule has 16 nitrogen and oxygen atoms in total. The summed E-state index contributed by atoms with van der Waals surface area (Å²) in [6.07, 6.45) is 6.83. The average molecular weight is 1190 g/mol.